The summed E-state index contributed by atoms with van der Waals surface area (Å²) in [5, 5.41) is 0.950. The van der Waals surface area contributed by atoms with E-state index in [9.17, 15) is 9.18 Å². The lowest BCUT2D eigenvalue weighted by molar-refractivity contribution is 0.636. The van der Waals surface area contributed by atoms with E-state index in [0.717, 1.165) is 0 Å². The fraction of sp³-hybridized carbons (Fsp3) is 0.182. The number of aromatic nitrogens is 1. The van der Waals surface area contributed by atoms with Gasteiger partial charge in [0, 0.05) is 16.0 Å². The fourth-order valence-electron chi connectivity index (χ4n) is 1.55. The molecule has 0 aliphatic rings. The van der Waals surface area contributed by atoms with E-state index in [1.54, 1.807) is 12.1 Å². The zero-order valence-electron chi connectivity index (χ0n) is 8.10. The van der Waals surface area contributed by atoms with E-state index in [0.29, 0.717) is 22.4 Å². The summed E-state index contributed by atoms with van der Waals surface area (Å²) in [6.45, 7) is 1.87. The summed E-state index contributed by atoms with van der Waals surface area (Å²) in [4.78, 5) is 14.0. The minimum atomic E-state index is -0.503. The van der Waals surface area contributed by atoms with Crippen LogP contribution in [0.25, 0.3) is 10.9 Å². The van der Waals surface area contributed by atoms with Gasteiger partial charge in [0.25, 0.3) is 5.56 Å². The van der Waals surface area contributed by atoms with Crippen molar-refractivity contribution in [3.8, 4) is 0 Å². The lowest BCUT2D eigenvalue weighted by Crippen LogP contribution is -2.11. The Balaban J connectivity index is 2.87. The molecule has 1 N–H and O–H groups in total. The first-order valence-corrected chi connectivity index (χ1v) is 5.00. The molecule has 1 aromatic heterocycles. The van der Waals surface area contributed by atoms with E-state index >= 15 is 0 Å². The molecule has 0 aliphatic carbocycles. The van der Waals surface area contributed by atoms with Crippen molar-refractivity contribution in [2.75, 3.05) is 0 Å². The molecular weight excluding hydrogens is 217 g/mol. The summed E-state index contributed by atoms with van der Waals surface area (Å²) in [5.74, 6) is -0.503. The van der Waals surface area contributed by atoms with Crippen LogP contribution in [0.3, 0.4) is 0 Å². The Morgan fingerprint density at radius 2 is 2.13 bits per heavy atom. The molecule has 0 saturated carbocycles. The molecular formula is C11H9ClFNO. The highest BCUT2D eigenvalue weighted by atomic mass is 35.5. The molecule has 4 heteroatoms. The van der Waals surface area contributed by atoms with Gasteiger partial charge in [-0.2, -0.15) is 0 Å². The number of pyridine rings is 1. The van der Waals surface area contributed by atoms with Gasteiger partial charge in [0.05, 0.1) is 5.52 Å². The van der Waals surface area contributed by atoms with Gasteiger partial charge < -0.3 is 4.98 Å². The Bertz CT molecular complexity index is 577. The third kappa shape index (κ3) is 1.75. The van der Waals surface area contributed by atoms with Crippen molar-refractivity contribution in [2.45, 2.75) is 13.3 Å². The number of halogens is 2. The van der Waals surface area contributed by atoms with E-state index in [1.807, 2.05) is 6.92 Å². The molecule has 0 radical (unpaired) electrons. The molecule has 0 atom stereocenters. The third-order valence-corrected chi connectivity index (χ3v) is 2.54. The highest BCUT2D eigenvalue weighted by Crippen LogP contribution is 2.20. The quantitative estimate of drug-likeness (QED) is 0.795. The second-order valence-electron chi connectivity index (χ2n) is 3.33. The summed E-state index contributed by atoms with van der Waals surface area (Å²) in [5.41, 5.74) is 0.594. The minimum Gasteiger partial charge on any atom is -0.319 e. The van der Waals surface area contributed by atoms with Crippen molar-refractivity contribution >= 4 is 22.5 Å². The van der Waals surface area contributed by atoms with Crippen molar-refractivity contribution in [3.05, 3.63) is 45.0 Å². The van der Waals surface area contributed by atoms with Gasteiger partial charge in [-0.3, -0.25) is 4.79 Å². The van der Waals surface area contributed by atoms with Crippen LogP contribution in [0.4, 0.5) is 4.39 Å². The second kappa shape index (κ2) is 3.66. The van der Waals surface area contributed by atoms with Gasteiger partial charge in [0.1, 0.15) is 5.82 Å². The maximum Gasteiger partial charge on any atom is 0.251 e. The topological polar surface area (TPSA) is 32.9 Å². The van der Waals surface area contributed by atoms with Crippen LogP contribution < -0.4 is 5.56 Å². The molecule has 2 rings (SSSR count). The van der Waals surface area contributed by atoms with Crippen LogP contribution in [-0.2, 0) is 6.42 Å². The fourth-order valence-corrected chi connectivity index (χ4v) is 1.76. The maximum absolute atomic E-state index is 13.4. The highest BCUT2D eigenvalue weighted by molar-refractivity contribution is 6.31. The van der Waals surface area contributed by atoms with Gasteiger partial charge >= 0.3 is 0 Å². The number of benzene rings is 1. The van der Waals surface area contributed by atoms with Gasteiger partial charge in [-0.15, -0.1) is 0 Å². The molecule has 0 amide bonds. The second-order valence-corrected chi connectivity index (χ2v) is 3.77. The smallest absolute Gasteiger partial charge is 0.251 e. The van der Waals surface area contributed by atoms with Crippen molar-refractivity contribution in [2.24, 2.45) is 0 Å². The first kappa shape index (κ1) is 10.2. The molecule has 0 unspecified atom stereocenters. The van der Waals surface area contributed by atoms with Crippen molar-refractivity contribution in [3.63, 3.8) is 0 Å². The predicted molar refractivity (Wildman–Crippen MR) is 58.9 cm³/mol. The number of aromatic amines is 1. The number of rotatable bonds is 1. The van der Waals surface area contributed by atoms with E-state index in [4.69, 9.17) is 11.6 Å². The van der Waals surface area contributed by atoms with E-state index < -0.39 is 5.82 Å². The van der Waals surface area contributed by atoms with Crippen LogP contribution >= 0.6 is 11.6 Å². The maximum atomic E-state index is 13.4. The molecule has 0 bridgehead atoms. The Kier molecular flexibility index (Phi) is 2.49. The third-order valence-electron chi connectivity index (χ3n) is 2.33. The minimum absolute atomic E-state index is 0.210. The number of nitrogens with one attached hydrogen (secondary N) is 1. The number of fused-ring (bicyclic) bond motifs is 1. The molecule has 0 fully saturated rings. The van der Waals surface area contributed by atoms with Crippen molar-refractivity contribution in [1.29, 1.82) is 0 Å². The largest absolute Gasteiger partial charge is 0.319 e. The van der Waals surface area contributed by atoms with Crippen LogP contribution in [0, 0.1) is 5.82 Å². The van der Waals surface area contributed by atoms with Gasteiger partial charge in [0.2, 0.25) is 0 Å². The van der Waals surface area contributed by atoms with E-state index in [2.05, 4.69) is 4.98 Å². The average Bonchev–Trinajstić information content (AvgIpc) is 2.18. The summed E-state index contributed by atoms with van der Waals surface area (Å²) < 4.78 is 13.4. The van der Waals surface area contributed by atoms with Gasteiger partial charge in [-0.1, -0.05) is 18.5 Å². The predicted octanol–water partition coefficient (Wildman–Crippen LogP) is 2.88. The Hall–Kier alpha value is -1.35. The van der Waals surface area contributed by atoms with Gasteiger partial charge in [-0.25, -0.2) is 4.39 Å². The highest BCUT2D eigenvalue weighted by Gasteiger charge is 2.06. The van der Waals surface area contributed by atoms with Crippen LogP contribution in [-0.4, -0.2) is 4.98 Å². The van der Waals surface area contributed by atoms with Crippen LogP contribution in [0.2, 0.25) is 5.02 Å². The number of hydrogen-bond donors (Lipinski definition) is 1. The zero-order valence-corrected chi connectivity index (χ0v) is 8.86. The summed E-state index contributed by atoms with van der Waals surface area (Å²) in [6.07, 6.45) is 0.611. The van der Waals surface area contributed by atoms with Crippen molar-refractivity contribution < 1.29 is 4.39 Å². The molecule has 2 aromatic rings. The van der Waals surface area contributed by atoms with Crippen LogP contribution in [0.15, 0.2) is 23.0 Å². The first-order chi connectivity index (χ1) is 7.11. The molecule has 15 heavy (non-hydrogen) atoms. The zero-order chi connectivity index (χ0) is 11.0. The number of hydrogen-bond acceptors (Lipinski definition) is 1. The molecule has 0 spiro atoms. The molecule has 78 valence electrons. The van der Waals surface area contributed by atoms with Crippen LogP contribution in [0.1, 0.15) is 12.5 Å². The summed E-state index contributed by atoms with van der Waals surface area (Å²) in [6, 6.07) is 4.49. The molecule has 0 aliphatic heterocycles. The van der Waals surface area contributed by atoms with Crippen LogP contribution in [0.5, 0.6) is 0 Å². The molecule has 1 aromatic carbocycles. The van der Waals surface area contributed by atoms with E-state index in [-0.39, 0.29) is 11.1 Å². The molecule has 1 heterocycles. The van der Waals surface area contributed by atoms with Gasteiger partial charge in [-0.05, 0) is 24.6 Å². The molecule has 0 saturated heterocycles. The normalized spacial score (nSPS) is 10.9. The number of aryl methyl sites for hydroxylation is 1. The van der Waals surface area contributed by atoms with Gasteiger partial charge in [0.15, 0.2) is 0 Å². The van der Waals surface area contributed by atoms with E-state index in [1.165, 1.54) is 6.07 Å². The standard InChI is InChI=1S/C11H9ClFNO/c1-2-6-3-7-4-8(12)5-9(13)10(7)14-11(6)15/h3-5H,2H2,1H3,(H,14,15). The average molecular weight is 226 g/mol. The number of H-pyrrole nitrogens is 1. The lowest BCUT2D eigenvalue weighted by Gasteiger charge is -2.02. The summed E-state index contributed by atoms with van der Waals surface area (Å²) in [7, 11) is 0. The first-order valence-electron chi connectivity index (χ1n) is 4.62. The van der Waals surface area contributed by atoms with Crippen molar-refractivity contribution in [1.82, 2.24) is 4.98 Å². The Morgan fingerprint density at radius 3 is 2.80 bits per heavy atom. The Labute approximate surface area is 90.7 Å². The SMILES string of the molecule is CCc1cc2cc(Cl)cc(F)c2[nH]c1=O. The summed E-state index contributed by atoms with van der Waals surface area (Å²) >= 11 is 5.73. The Morgan fingerprint density at radius 1 is 1.40 bits per heavy atom. The monoisotopic (exact) mass is 225 g/mol. The lowest BCUT2D eigenvalue weighted by atomic mass is 10.1. The molecule has 2 nitrogen and oxygen atoms in total.